The molecule has 2 aromatic rings. The number of halogens is 1. The summed E-state index contributed by atoms with van der Waals surface area (Å²) in [7, 11) is 0. The molecule has 0 unspecified atom stereocenters. The zero-order valence-corrected chi connectivity index (χ0v) is 11.7. The normalized spacial score (nSPS) is 10.6. The summed E-state index contributed by atoms with van der Waals surface area (Å²) in [6, 6.07) is 3.32. The minimum Gasteiger partial charge on any atom is -0.507 e. The first-order valence-corrected chi connectivity index (χ1v) is 7.33. The number of rotatable bonds is 5. The number of ketones is 1. The topological polar surface area (TPSA) is 63.1 Å². The third-order valence-electron chi connectivity index (χ3n) is 2.35. The summed E-state index contributed by atoms with van der Waals surface area (Å²) in [4.78, 5) is 16.1. The Morgan fingerprint density at radius 3 is 3.00 bits per heavy atom. The van der Waals surface area contributed by atoms with Crippen molar-refractivity contribution in [3.05, 3.63) is 35.4 Å². The Hall–Kier alpha value is -1.47. The number of aryl methyl sites for hydroxylation is 1. The van der Waals surface area contributed by atoms with Crippen LogP contribution < -0.4 is 0 Å². The Labute approximate surface area is 117 Å². The van der Waals surface area contributed by atoms with Gasteiger partial charge < -0.3 is 5.11 Å². The predicted octanol–water partition coefficient (Wildman–Crippen LogP) is 2.92. The van der Waals surface area contributed by atoms with Crippen LogP contribution in [0.2, 0.25) is 0 Å². The lowest BCUT2D eigenvalue weighted by atomic mass is 10.1. The molecule has 0 atom stereocenters. The van der Waals surface area contributed by atoms with E-state index in [9.17, 15) is 14.3 Å². The van der Waals surface area contributed by atoms with Gasteiger partial charge in [-0.15, -0.1) is 0 Å². The van der Waals surface area contributed by atoms with Crippen molar-refractivity contribution >= 4 is 29.1 Å². The predicted molar refractivity (Wildman–Crippen MR) is 72.4 cm³/mol. The summed E-state index contributed by atoms with van der Waals surface area (Å²) in [6.45, 7) is 1.95. The zero-order chi connectivity index (χ0) is 13.8. The van der Waals surface area contributed by atoms with Crippen LogP contribution in [-0.2, 0) is 6.42 Å². The largest absolute Gasteiger partial charge is 0.507 e. The Balaban J connectivity index is 2.03. The van der Waals surface area contributed by atoms with Gasteiger partial charge in [0.1, 0.15) is 17.4 Å². The Kier molecular flexibility index (Phi) is 4.49. The molecular weight excluding hydrogens is 287 g/mol. The molecule has 1 aromatic carbocycles. The van der Waals surface area contributed by atoms with Crippen LogP contribution in [0.25, 0.3) is 0 Å². The highest BCUT2D eigenvalue weighted by Crippen LogP contribution is 2.24. The number of phenols is 1. The van der Waals surface area contributed by atoms with Gasteiger partial charge in [-0.2, -0.15) is 4.37 Å². The van der Waals surface area contributed by atoms with E-state index in [0.29, 0.717) is 4.34 Å². The summed E-state index contributed by atoms with van der Waals surface area (Å²) in [6.07, 6.45) is 0.746. The molecule has 1 N–H and O–H groups in total. The molecule has 4 nitrogen and oxygen atoms in total. The number of hydrogen-bond donors (Lipinski definition) is 1. The van der Waals surface area contributed by atoms with Gasteiger partial charge in [0.05, 0.1) is 11.3 Å². The van der Waals surface area contributed by atoms with Gasteiger partial charge in [0.2, 0.25) is 0 Å². The Morgan fingerprint density at radius 1 is 1.53 bits per heavy atom. The van der Waals surface area contributed by atoms with Crippen molar-refractivity contribution in [2.75, 3.05) is 5.75 Å². The maximum atomic E-state index is 13.0. The molecule has 0 bridgehead atoms. The van der Waals surface area contributed by atoms with E-state index in [0.717, 1.165) is 24.4 Å². The van der Waals surface area contributed by atoms with Gasteiger partial charge in [-0.05, 0) is 29.7 Å². The standard InChI is InChI=1S/C12H11FN2O2S2/c1-2-11-14-12(19-15-11)18-6-10(17)8-5-7(13)3-4-9(8)16/h3-5,16H,2,6H2,1H3. The zero-order valence-electron chi connectivity index (χ0n) is 10.1. The van der Waals surface area contributed by atoms with Crippen LogP contribution in [0.5, 0.6) is 5.75 Å². The van der Waals surface area contributed by atoms with Crippen LogP contribution >= 0.6 is 23.3 Å². The highest BCUT2D eigenvalue weighted by molar-refractivity contribution is 8.01. The fourth-order valence-electron chi connectivity index (χ4n) is 1.38. The number of carbonyl (C=O) groups is 1. The molecule has 0 aliphatic carbocycles. The highest BCUT2D eigenvalue weighted by Gasteiger charge is 2.14. The molecule has 0 radical (unpaired) electrons. The number of aromatic nitrogens is 2. The number of phenolic OH excluding ortho intramolecular Hbond substituents is 1. The average Bonchev–Trinajstić information content (AvgIpc) is 2.87. The minimum atomic E-state index is -0.546. The fraction of sp³-hybridized carbons (Fsp3) is 0.250. The first kappa shape index (κ1) is 14.0. The molecule has 0 fully saturated rings. The van der Waals surface area contributed by atoms with Crippen molar-refractivity contribution in [2.45, 2.75) is 17.7 Å². The number of hydrogen-bond acceptors (Lipinski definition) is 6. The molecule has 0 aliphatic rings. The number of nitrogens with zero attached hydrogens (tertiary/aromatic N) is 2. The minimum absolute atomic E-state index is 0.00673. The second kappa shape index (κ2) is 6.12. The van der Waals surface area contributed by atoms with Crippen LogP contribution in [0.4, 0.5) is 4.39 Å². The van der Waals surface area contributed by atoms with Crippen molar-refractivity contribution in [1.82, 2.24) is 9.36 Å². The molecule has 1 aromatic heterocycles. The number of benzene rings is 1. The van der Waals surface area contributed by atoms with Gasteiger partial charge in [0.15, 0.2) is 10.1 Å². The lowest BCUT2D eigenvalue weighted by Gasteiger charge is -2.02. The molecule has 0 aliphatic heterocycles. The third kappa shape index (κ3) is 3.51. The highest BCUT2D eigenvalue weighted by atomic mass is 32.2. The molecule has 2 rings (SSSR count). The van der Waals surface area contributed by atoms with E-state index in [2.05, 4.69) is 9.36 Å². The molecule has 0 amide bonds. The van der Waals surface area contributed by atoms with Crippen molar-refractivity contribution < 1.29 is 14.3 Å². The van der Waals surface area contributed by atoms with Gasteiger partial charge in [0.25, 0.3) is 0 Å². The molecule has 0 spiro atoms. The smallest absolute Gasteiger partial charge is 0.176 e. The van der Waals surface area contributed by atoms with Crippen LogP contribution in [-0.4, -0.2) is 26.0 Å². The molecule has 1 heterocycles. The summed E-state index contributed by atoms with van der Waals surface area (Å²) in [5, 5.41) is 9.52. The van der Waals surface area contributed by atoms with Crippen molar-refractivity contribution in [3.8, 4) is 5.75 Å². The summed E-state index contributed by atoms with van der Waals surface area (Å²) in [5.41, 5.74) is -0.00673. The SMILES string of the molecule is CCc1nsc(SCC(=O)c2cc(F)ccc2O)n1. The Bertz CT molecular complexity index is 601. The summed E-state index contributed by atoms with van der Waals surface area (Å²) in [5.74, 6) is -0.257. The van der Waals surface area contributed by atoms with Gasteiger partial charge in [-0.3, -0.25) is 4.79 Å². The molecule has 100 valence electrons. The van der Waals surface area contributed by atoms with Crippen LogP contribution in [0.1, 0.15) is 23.1 Å². The number of aromatic hydroxyl groups is 1. The molecule has 7 heteroatoms. The third-order valence-corrected chi connectivity index (χ3v) is 4.22. The van der Waals surface area contributed by atoms with Crippen molar-refractivity contribution in [1.29, 1.82) is 0 Å². The van der Waals surface area contributed by atoms with E-state index in [1.807, 2.05) is 6.92 Å². The fourth-order valence-corrected chi connectivity index (χ4v) is 2.96. The lowest BCUT2D eigenvalue weighted by Crippen LogP contribution is -2.03. The van der Waals surface area contributed by atoms with Crippen LogP contribution in [0.3, 0.4) is 0 Å². The average molecular weight is 298 g/mol. The molecule has 0 saturated carbocycles. The second-order valence-corrected chi connectivity index (χ2v) is 5.68. The quantitative estimate of drug-likeness (QED) is 0.679. The number of Topliss-reactive ketones (excluding diaryl/α,β-unsaturated/α-hetero) is 1. The molecule has 19 heavy (non-hydrogen) atoms. The van der Waals surface area contributed by atoms with E-state index in [4.69, 9.17) is 0 Å². The first-order valence-electron chi connectivity index (χ1n) is 5.57. The van der Waals surface area contributed by atoms with E-state index in [1.165, 1.54) is 29.4 Å². The van der Waals surface area contributed by atoms with Gasteiger partial charge in [0, 0.05) is 6.42 Å². The van der Waals surface area contributed by atoms with Gasteiger partial charge in [-0.1, -0.05) is 18.7 Å². The van der Waals surface area contributed by atoms with E-state index >= 15 is 0 Å². The summed E-state index contributed by atoms with van der Waals surface area (Å²) >= 11 is 2.47. The Morgan fingerprint density at radius 2 is 2.32 bits per heavy atom. The van der Waals surface area contributed by atoms with E-state index in [-0.39, 0.29) is 22.8 Å². The molecule has 0 saturated heterocycles. The number of thioether (sulfide) groups is 1. The van der Waals surface area contributed by atoms with Crippen molar-refractivity contribution in [2.24, 2.45) is 0 Å². The molecular formula is C12H11FN2O2S2. The second-order valence-electron chi connectivity index (χ2n) is 3.70. The van der Waals surface area contributed by atoms with Gasteiger partial charge >= 0.3 is 0 Å². The lowest BCUT2D eigenvalue weighted by molar-refractivity contribution is 0.101. The first-order chi connectivity index (χ1) is 9.10. The van der Waals surface area contributed by atoms with E-state index < -0.39 is 5.82 Å². The van der Waals surface area contributed by atoms with Crippen LogP contribution in [0.15, 0.2) is 22.5 Å². The van der Waals surface area contributed by atoms with Crippen molar-refractivity contribution in [3.63, 3.8) is 0 Å². The maximum absolute atomic E-state index is 13.0. The summed E-state index contributed by atoms with van der Waals surface area (Å²) < 4.78 is 17.8. The maximum Gasteiger partial charge on any atom is 0.176 e. The monoisotopic (exact) mass is 298 g/mol. The van der Waals surface area contributed by atoms with E-state index in [1.54, 1.807) is 0 Å². The van der Waals surface area contributed by atoms with Crippen LogP contribution in [0, 0.1) is 5.82 Å². The van der Waals surface area contributed by atoms with Gasteiger partial charge in [-0.25, -0.2) is 9.37 Å². The number of carbonyl (C=O) groups excluding carboxylic acids is 1.